The molecule has 2 saturated heterocycles. The lowest BCUT2D eigenvalue weighted by Crippen LogP contribution is -2.50. The van der Waals surface area contributed by atoms with Gasteiger partial charge in [0.2, 0.25) is 18.6 Å². The van der Waals surface area contributed by atoms with Crippen LogP contribution in [0.4, 0.5) is 10.1 Å². The van der Waals surface area contributed by atoms with Gasteiger partial charge in [0, 0.05) is 51.4 Å². The third kappa shape index (κ3) is 4.02. The number of fused-ring (bicyclic) bond motifs is 1. The van der Waals surface area contributed by atoms with Crippen molar-refractivity contribution in [2.24, 2.45) is 5.92 Å². The number of amides is 2. The molecule has 7 nitrogen and oxygen atoms in total. The molecule has 0 aromatic heterocycles. The van der Waals surface area contributed by atoms with Crippen LogP contribution in [0.2, 0.25) is 0 Å². The van der Waals surface area contributed by atoms with Crippen LogP contribution < -0.4 is 14.4 Å². The second-order valence-corrected chi connectivity index (χ2v) is 8.15. The van der Waals surface area contributed by atoms with Crippen LogP contribution in [0.15, 0.2) is 42.5 Å². The minimum Gasteiger partial charge on any atom is -0.454 e. The molecule has 31 heavy (non-hydrogen) atoms. The molecule has 0 bridgehead atoms. The van der Waals surface area contributed by atoms with Crippen molar-refractivity contribution in [1.29, 1.82) is 0 Å². The molecule has 2 fully saturated rings. The molecule has 2 amide bonds. The van der Waals surface area contributed by atoms with Crippen LogP contribution in [-0.2, 0) is 16.1 Å². The van der Waals surface area contributed by atoms with Gasteiger partial charge in [-0.3, -0.25) is 9.59 Å². The summed E-state index contributed by atoms with van der Waals surface area (Å²) in [6.45, 7) is 3.69. The van der Waals surface area contributed by atoms with Crippen LogP contribution in [0.5, 0.6) is 11.5 Å². The molecule has 3 aliphatic rings. The van der Waals surface area contributed by atoms with Crippen molar-refractivity contribution in [3.8, 4) is 11.5 Å². The van der Waals surface area contributed by atoms with Gasteiger partial charge in [-0.2, -0.15) is 0 Å². The number of benzene rings is 2. The zero-order valence-electron chi connectivity index (χ0n) is 17.1. The van der Waals surface area contributed by atoms with Crippen LogP contribution in [0.25, 0.3) is 0 Å². The smallest absolute Gasteiger partial charge is 0.231 e. The standard InChI is InChI=1S/C23H24FN3O4/c24-18-2-4-19(5-3-18)25-7-9-26(10-8-25)23(29)17-12-22(28)27(14-17)13-16-1-6-20-21(11-16)31-15-30-20/h1-6,11,17H,7-10,12-15H2. The molecular formula is C23H24FN3O4. The topological polar surface area (TPSA) is 62.3 Å². The number of likely N-dealkylation sites (tertiary alicyclic amines) is 1. The highest BCUT2D eigenvalue weighted by Crippen LogP contribution is 2.33. The van der Waals surface area contributed by atoms with Crippen molar-refractivity contribution in [3.63, 3.8) is 0 Å². The predicted octanol–water partition coefficient (Wildman–Crippen LogP) is 2.25. The molecule has 5 rings (SSSR count). The molecule has 3 heterocycles. The molecule has 1 unspecified atom stereocenters. The Morgan fingerprint density at radius 2 is 1.74 bits per heavy atom. The van der Waals surface area contributed by atoms with E-state index in [1.165, 1.54) is 12.1 Å². The van der Waals surface area contributed by atoms with Gasteiger partial charge >= 0.3 is 0 Å². The first kappa shape index (κ1) is 19.7. The highest BCUT2D eigenvalue weighted by molar-refractivity contribution is 5.89. The zero-order valence-corrected chi connectivity index (χ0v) is 17.1. The highest BCUT2D eigenvalue weighted by Gasteiger charge is 2.37. The number of ether oxygens (including phenoxy) is 2. The molecule has 3 aliphatic heterocycles. The Morgan fingerprint density at radius 3 is 2.52 bits per heavy atom. The summed E-state index contributed by atoms with van der Waals surface area (Å²) in [7, 11) is 0. The van der Waals surface area contributed by atoms with E-state index in [-0.39, 0.29) is 36.8 Å². The van der Waals surface area contributed by atoms with Crippen molar-refractivity contribution in [3.05, 3.63) is 53.8 Å². The number of piperazine rings is 1. The monoisotopic (exact) mass is 425 g/mol. The zero-order chi connectivity index (χ0) is 21.4. The third-order valence-corrected chi connectivity index (χ3v) is 6.16. The fourth-order valence-corrected chi connectivity index (χ4v) is 4.45. The largest absolute Gasteiger partial charge is 0.454 e. The first-order chi connectivity index (χ1) is 15.1. The molecule has 0 spiro atoms. The molecule has 8 heteroatoms. The van der Waals surface area contributed by atoms with Crippen LogP contribution in [0.3, 0.4) is 0 Å². The molecule has 0 aliphatic carbocycles. The lowest BCUT2D eigenvalue weighted by molar-refractivity contribution is -0.136. The van der Waals surface area contributed by atoms with Gasteiger partial charge in [-0.25, -0.2) is 4.39 Å². The van der Waals surface area contributed by atoms with Gasteiger partial charge in [0.1, 0.15) is 5.82 Å². The number of hydrogen-bond acceptors (Lipinski definition) is 5. The summed E-state index contributed by atoms with van der Waals surface area (Å²) in [5.41, 5.74) is 1.91. The van der Waals surface area contributed by atoms with Gasteiger partial charge < -0.3 is 24.2 Å². The first-order valence-electron chi connectivity index (χ1n) is 10.5. The number of rotatable bonds is 4. The minimum atomic E-state index is -0.307. The van der Waals surface area contributed by atoms with E-state index >= 15 is 0 Å². The van der Waals surface area contributed by atoms with E-state index in [1.807, 2.05) is 23.1 Å². The van der Waals surface area contributed by atoms with Crippen LogP contribution in [0.1, 0.15) is 12.0 Å². The molecule has 2 aromatic rings. The first-order valence-corrected chi connectivity index (χ1v) is 10.5. The lowest BCUT2D eigenvalue weighted by atomic mass is 10.1. The van der Waals surface area contributed by atoms with Crippen molar-refractivity contribution in [1.82, 2.24) is 9.80 Å². The SMILES string of the molecule is O=C1CC(C(=O)N2CCN(c3ccc(F)cc3)CC2)CN1Cc1ccc2c(c1)OCO2. The maximum absolute atomic E-state index is 13.1. The summed E-state index contributed by atoms with van der Waals surface area (Å²) >= 11 is 0. The fraction of sp³-hybridized carbons (Fsp3) is 0.391. The maximum atomic E-state index is 13.1. The summed E-state index contributed by atoms with van der Waals surface area (Å²) in [5, 5.41) is 0. The number of hydrogen-bond donors (Lipinski definition) is 0. The quantitative estimate of drug-likeness (QED) is 0.752. The molecular weight excluding hydrogens is 401 g/mol. The van der Waals surface area contributed by atoms with E-state index in [0.717, 1.165) is 11.3 Å². The molecule has 0 saturated carbocycles. The van der Waals surface area contributed by atoms with Crippen molar-refractivity contribution >= 4 is 17.5 Å². The molecule has 162 valence electrons. The lowest BCUT2D eigenvalue weighted by Gasteiger charge is -2.37. The normalized spacial score (nSPS) is 20.5. The van der Waals surface area contributed by atoms with E-state index in [1.54, 1.807) is 17.0 Å². The number of carbonyl (C=O) groups excluding carboxylic acids is 2. The maximum Gasteiger partial charge on any atom is 0.231 e. The van der Waals surface area contributed by atoms with E-state index in [9.17, 15) is 14.0 Å². The average molecular weight is 425 g/mol. The van der Waals surface area contributed by atoms with Gasteiger partial charge in [0.25, 0.3) is 0 Å². The van der Waals surface area contributed by atoms with Crippen LogP contribution in [-0.4, -0.2) is 61.1 Å². The van der Waals surface area contributed by atoms with Crippen molar-refractivity contribution in [2.75, 3.05) is 44.4 Å². The van der Waals surface area contributed by atoms with Gasteiger partial charge in [-0.1, -0.05) is 6.07 Å². The Morgan fingerprint density at radius 1 is 1.00 bits per heavy atom. The highest BCUT2D eigenvalue weighted by atomic mass is 19.1. The van der Waals surface area contributed by atoms with E-state index in [2.05, 4.69) is 4.90 Å². The van der Waals surface area contributed by atoms with Gasteiger partial charge in [-0.15, -0.1) is 0 Å². The number of anilines is 1. The van der Waals surface area contributed by atoms with Crippen LogP contribution >= 0.6 is 0 Å². The second-order valence-electron chi connectivity index (χ2n) is 8.15. The summed E-state index contributed by atoms with van der Waals surface area (Å²) in [6.07, 6.45) is 0.252. The van der Waals surface area contributed by atoms with E-state index < -0.39 is 0 Å². The number of nitrogens with zero attached hydrogens (tertiary/aromatic N) is 3. The minimum absolute atomic E-state index is 0.000894. The Bertz CT molecular complexity index is 989. The summed E-state index contributed by atoms with van der Waals surface area (Å²) < 4.78 is 23.9. The van der Waals surface area contributed by atoms with Crippen molar-refractivity contribution in [2.45, 2.75) is 13.0 Å². The van der Waals surface area contributed by atoms with E-state index in [4.69, 9.17) is 9.47 Å². The van der Waals surface area contributed by atoms with Gasteiger partial charge in [0.05, 0.1) is 5.92 Å². The van der Waals surface area contributed by atoms with Gasteiger partial charge in [0.15, 0.2) is 11.5 Å². The predicted molar refractivity (Wildman–Crippen MR) is 111 cm³/mol. The second kappa shape index (κ2) is 8.09. The number of carbonyl (C=O) groups is 2. The Labute approximate surface area is 179 Å². The average Bonchev–Trinajstić information content (AvgIpc) is 3.40. The Balaban J connectivity index is 1.16. The van der Waals surface area contributed by atoms with E-state index in [0.29, 0.717) is 50.8 Å². The van der Waals surface area contributed by atoms with Gasteiger partial charge in [-0.05, 0) is 42.0 Å². The Kier molecular flexibility index (Phi) is 5.13. The molecule has 1 atom stereocenters. The summed E-state index contributed by atoms with van der Waals surface area (Å²) in [5.74, 6) is 0.883. The molecule has 0 N–H and O–H groups in total. The third-order valence-electron chi connectivity index (χ3n) is 6.16. The summed E-state index contributed by atoms with van der Waals surface area (Å²) in [6, 6.07) is 12.1. The summed E-state index contributed by atoms with van der Waals surface area (Å²) in [4.78, 5) is 31.3. The van der Waals surface area contributed by atoms with Crippen LogP contribution in [0, 0.1) is 11.7 Å². The van der Waals surface area contributed by atoms with Crippen molar-refractivity contribution < 1.29 is 23.5 Å². The molecule has 2 aromatic carbocycles. The Hall–Kier alpha value is -3.29. The fourth-order valence-electron chi connectivity index (χ4n) is 4.45. The number of halogens is 1. The molecule has 0 radical (unpaired) electrons.